The zero-order chi connectivity index (χ0) is 12.0. The Bertz CT molecular complexity index is 372. The molecule has 0 radical (unpaired) electrons. The predicted octanol–water partition coefficient (Wildman–Crippen LogP) is 1.72. The van der Waals surface area contributed by atoms with Gasteiger partial charge in [0.25, 0.3) is 0 Å². The molecule has 88 valence electrons. The summed E-state index contributed by atoms with van der Waals surface area (Å²) in [5.74, 6) is 1.91. The Morgan fingerprint density at radius 2 is 1.56 bits per heavy atom. The Morgan fingerprint density at radius 3 is 2.06 bits per heavy atom. The number of hydrogen-bond acceptors (Lipinski definition) is 4. The maximum atomic E-state index is 8.73. The third kappa shape index (κ3) is 2.67. The fraction of sp³-hybridized carbons (Fsp3) is 0.333. The first-order valence-electron chi connectivity index (χ1n) is 4.84. The molecule has 4 nitrogen and oxygen atoms in total. The van der Waals surface area contributed by atoms with E-state index in [9.17, 15) is 0 Å². The Balaban J connectivity index is 3.20. The van der Waals surface area contributed by atoms with Crippen LogP contribution in [0.2, 0.25) is 0 Å². The van der Waals surface area contributed by atoms with Gasteiger partial charge in [-0.15, -0.1) is 0 Å². The molecular formula is C12H16O4. The highest BCUT2D eigenvalue weighted by molar-refractivity contribution is 5.63. The van der Waals surface area contributed by atoms with Crippen molar-refractivity contribution in [3.8, 4) is 17.2 Å². The topological polar surface area (TPSA) is 47.9 Å². The molecule has 1 aromatic rings. The van der Waals surface area contributed by atoms with E-state index in [4.69, 9.17) is 19.3 Å². The van der Waals surface area contributed by atoms with Crippen LogP contribution in [0.25, 0.3) is 6.08 Å². The molecule has 0 unspecified atom stereocenters. The first-order valence-corrected chi connectivity index (χ1v) is 4.84. The molecule has 0 aliphatic heterocycles. The van der Waals surface area contributed by atoms with Crippen LogP contribution >= 0.6 is 0 Å². The van der Waals surface area contributed by atoms with Gasteiger partial charge in [-0.2, -0.15) is 0 Å². The van der Waals surface area contributed by atoms with Crippen molar-refractivity contribution < 1.29 is 19.3 Å². The highest BCUT2D eigenvalue weighted by Gasteiger charge is 2.09. The van der Waals surface area contributed by atoms with Gasteiger partial charge in [0.15, 0.2) is 11.5 Å². The number of aliphatic hydroxyl groups is 1. The van der Waals surface area contributed by atoms with Crippen molar-refractivity contribution in [1.82, 2.24) is 0 Å². The average Bonchev–Trinajstić information content (AvgIpc) is 2.35. The highest BCUT2D eigenvalue weighted by atomic mass is 16.5. The number of methoxy groups -OCH3 is 3. The summed E-state index contributed by atoms with van der Waals surface area (Å²) >= 11 is 0. The van der Waals surface area contributed by atoms with E-state index in [1.165, 1.54) is 0 Å². The van der Waals surface area contributed by atoms with Crippen LogP contribution in [0.15, 0.2) is 18.2 Å². The molecule has 0 spiro atoms. The van der Waals surface area contributed by atoms with Gasteiger partial charge < -0.3 is 19.3 Å². The minimum atomic E-state index is -0.0164. The number of benzene rings is 1. The van der Waals surface area contributed by atoms with E-state index >= 15 is 0 Å². The smallest absolute Gasteiger partial charge is 0.164 e. The lowest BCUT2D eigenvalue weighted by molar-refractivity contribution is 0.343. The fourth-order valence-corrected chi connectivity index (χ4v) is 1.36. The van der Waals surface area contributed by atoms with Crippen molar-refractivity contribution in [3.05, 3.63) is 23.8 Å². The van der Waals surface area contributed by atoms with Crippen LogP contribution in [0, 0.1) is 0 Å². The van der Waals surface area contributed by atoms with Crippen LogP contribution in [0.4, 0.5) is 0 Å². The Morgan fingerprint density at radius 1 is 1.00 bits per heavy atom. The SMILES string of the molecule is COc1cc(OC)c(OC)cc1C=CCO. The molecule has 0 amide bonds. The second-order valence-electron chi connectivity index (χ2n) is 3.03. The van der Waals surface area contributed by atoms with Crippen molar-refractivity contribution >= 4 is 6.08 Å². The van der Waals surface area contributed by atoms with Gasteiger partial charge in [-0.05, 0) is 6.07 Å². The van der Waals surface area contributed by atoms with E-state index < -0.39 is 0 Å². The average molecular weight is 224 g/mol. The quantitative estimate of drug-likeness (QED) is 0.827. The molecule has 0 heterocycles. The summed E-state index contributed by atoms with van der Waals surface area (Å²) < 4.78 is 15.6. The lowest BCUT2D eigenvalue weighted by atomic mass is 10.1. The second-order valence-corrected chi connectivity index (χ2v) is 3.03. The summed E-state index contributed by atoms with van der Waals surface area (Å²) in [5.41, 5.74) is 0.828. The summed E-state index contributed by atoms with van der Waals surface area (Å²) in [5, 5.41) is 8.73. The summed E-state index contributed by atoms with van der Waals surface area (Å²) in [6, 6.07) is 3.54. The second kappa shape index (κ2) is 6.02. The molecule has 0 saturated heterocycles. The van der Waals surface area contributed by atoms with Crippen LogP contribution < -0.4 is 14.2 Å². The molecule has 4 heteroatoms. The minimum absolute atomic E-state index is 0.0164. The molecule has 1 N–H and O–H groups in total. The molecule has 0 atom stereocenters. The zero-order valence-corrected chi connectivity index (χ0v) is 9.69. The number of hydrogen-bond donors (Lipinski definition) is 1. The summed E-state index contributed by atoms with van der Waals surface area (Å²) in [6.45, 7) is -0.0164. The van der Waals surface area contributed by atoms with Crippen LogP contribution in [0.5, 0.6) is 17.2 Å². The largest absolute Gasteiger partial charge is 0.496 e. The van der Waals surface area contributed by atoms with E-state index in [-0.39, 0.29) is 6.61 Å². The normalized spacial score (nSPS) is 10.5. The standard InChI is InChI=1S/C12H16O4/c1-14-10-8-12(16-3)11(15-2)7-9(10)5-4-6-13/h4-5,7-8,13H,6H2,1-3H3. The van der Waals surface area contributed by atoms with Crippen molar-refractivity contribution in [2.75, 3.05) is 27.9 Å². The Kier molecular flexibility index (Phi) is 4.66. The van der Waals surface area contributed by atoms with Crippen LogP contribution in [-0.4, -0.2) is 33.0 Å². The first-order chi connectivity index (χ1) is 7.76. The molecule has 0 aromatic heterocycles. The maximum Gasteiger partial charge on any atom is 0.164 e. The molecule has 1 aromatic carbocycles. The molecule has 16 heavy (non-hydrogen) atoms. The monoisotopic (exact) mass is 224 g/mol. The Labute approximate surface area is 95.1 Å². The molecule has 1 rings (SSSR count). The summed E-state index contributed by atoms with van der Waals surface area (Å²) in [7, 11) is 4.72. The number of rotatable bonds is 5. The van der Waals surface area contributed by atoms with Crippen molar-refractivity contribution in [1.29, 1.82) is 0 Å². The van der Waals surface area contributed by atoms with E-state index in [2.05, 4.69) is 0 Å². The third-order valence-electron chi connectivity index (χ3n) is 2.14. The molecule has 0 fully saturated rings. The molecule has 0 aliphatic carbocycles. The maximum absolute atomic E-state index is 8.73. The van der Waals surface area contributed by atoms with Gasteiger partial charge in [0.1, 0.15) is 5.75 Å². The van der Waals surface area contributed by atoms with E-state index in [0.717, 1.165) is 5.56 Å². The van der Waals surface area contributed by atoms with Crippen molar-refractivity contribution in [3.63, 3.8) is 0 Å². The van der Waals surface area contributed by atoms with Gasteiger partial charge >= 0.3 is 0 Å². The first kappa shape index (κ1) is 12.4. The highest BCUT2D eigenvalue weighted by Crippen LogP contribution is 2.35. The molecular weight excluding hydrogens is 208 g/mol. The summed E-state index contributed by atoms with van der Waals surface area (Å²) in [6.07, 6.45) is 3.39. The zero-order valence-electron chi connectivity index (χ0n) is 9.69. The number of ether oxygens (including phenoxy) is 3. The van der Waals surface area contributed by atoms with Gasteiger partial charge in [-0.1, -0.05) is 12.2 Å². The van der Waals surface area contributed by atoms with Crippen LogP contribution in [0.1, 0.15) is 5.56 Å². The Hall–Kier alpha value is -1.68. The van der Waals surface area contributed by atoms with Crippen LogP contribution in [0.3, 0.4) is 0 Å². The predicted molar refractivity (Wildman–Crippen MR) is 62.2 cm³/mol. The van der Waals surface area contributed by atoms with Crippen molar-refractivity contribution in [2.24, 2.45) is 0 Å². The lowest BCUT2D eigenvalue weighted by Gasteiger charge is -2.11. The molecule has 0 bridgehead atoms. The van der Waals surface area contributed by atoms with Gasteiger partial charge in [0.05, 0.1) is 27.9 Å². The van der Waals surface area contributed by atoms with Gasteiger partial charge in [-0.3, -0.25) is 0 Å². The third-order valence-corrected chi connectivity index (χ3v) is 2.14. The van der Waals surface area contributed by atoms with Crippen molar-refractivity contribution in [2.45, 2.75) is 0 Å². The van der Waals surface area contributed by atoms with Gasteiger partial charge in [-0.25, -0.2) is 0 Å². The van der Waals surface area contributed by atoms with Crippen LogP contribution in [-0.2, 0) is 0 Å². The van der Waals surface area contributed by atoms with E-state index in [1.807, 2.05) is 0 Å². The van der Waals surface area contributed by atoms with Gasteiger partial charge in [0, 0.05) is 11.6 Å². The molecule has 0 saturated carbocycles. The molecule has 0 aliphatic rings. The van der Waals surface area contributed by atoms with E-state index in [1.54, 1.807) is 45.6 Å². The fourth-order valence-electron chi connectivity index (χ4n) is 1.36. The number of aliphatic hydroxyl groups excluding tert-OH is 1. The summed E-state index contributed by atoms with van der Waals surface area (Å²) in [4.78, 5) is 0. The lowest BCUT2D eigenvalue weighted by Crippen LogP contribution is -1.94. The van der Waals surface area contributed by atoms with E-state index in [0.29, 0.717) is 17.2 Å². The van der Waals surface area contributed by atoms with Gasteiger partial charge in [0.2, 0.25) is 0 Å². The minimum Gasteiger partial charge on any atom is -0.496 e.